The molecular weight excluding hydrogens is 685 g/mol. The largest absolute Gasteiger partial charge is 0.310 e. The fraction of sp³-hybridized carbons (Fsp3) is 0. The molecule has 0 atom stereocenters. The highest BCUT2D eigenvalue weighted by atomic mass is 32.1. The number of thiophene rings is 1. The van der Waals surface area contributed by atoms with Crippen LogP contribution in [0.3, 0.4) is 0 Å². The van der Waals surface area contributed by atoms with E-state index in [1.54, 1.807) is 0 Å². The van der Waals surface area contributed by atoms with Crippen LogP contribution in [0.5, 0.6) is 0 Å². The quantitative estimate of drug-likeness (QED) is 0.166. The van der Waals surface area contributed by atoms with Crippen LogP contribution in [-0.2, 0) is 0 Å². The molecule has 11 aromatic rings. The summed E-state index contributed by atoms with van der Waals surface area (Å²) in [5.74, 6) is 0. The maximum Gasteiger partial charge on any atom is 0.0541 e. The van der Waals surface area contributed by atoms with Gasteiger partial charge in [0, 0.05) is 53.3 Å². The lowest BCUT2D eigenvalue weighted by molar-refractivity contribution is 1.18. The predicted octanol–water partition coefficient (Wildman–Crippen LogP) is 15.1. The standard InChI is InChI=1S/C52H34N2S/c1-2-14-41-37(12-1)13-11-22-47(41)53(40-32-33-46-45-18-6-10-23-51(45)55-52(46)34-40)39-30-28-36(29-31-39)35-24-26-38(27-25-35)42-15-3-7-19-48(42)54-49-20-8-4-16-43(49)44-17-5-9-21-50(44)54/h1-34H. The molecule has 0 spiro atoms. The van der Waals surface area contributed by atoms with Gasteiger partial charge >= 0.3 is 0 Å². The summed E-state index contributed by atoms with van der Waals surface area (Å²) >= 11 is 1.86. The molecule has 0 aliphatic heterocycles. The highest BCUT2D eigenvalue weighted by Crippen LogP contribution is 2.43. The molecule has 0 aliphatic rings. The third-order valence-corrected chi connectivity index (χ3v) is 12.1. The van der Waals surface area contributed by atoms with Crippen molar-refractivity contribution in [3.63, 3.8) is 0 Å². The van der Waals surface area contributed by atoms with Gasteiger partial charge in [-0.25, -0.2) is 0 Å². The molecule has 11 rings (SSSR count). The molecule has 0 saturated heterocycles. The zero-order valence-corrected chi connectivity index (χ0v) is 30.7. The van der Waals surface area contributed by atoms with E-state index in [-0.39, 0.29) is 0 Å². The second kappa shape index (κ2) is 12.9. The fourth-order valence-corrected chi connectivity index (χ4v) is 9.56. The van der Waals surface area contributed by atoms with Gasteiger partial charge in [-0.2, -0.15) is 0 Å². The topological polar surface area (TPSA) is 8.17 Å². The van der Waals surface area contributed by atoms with Gasteiger partial charge in [0.1, 0.15) is 0 Å². The van der Waals surface area contributed by atoms with Crippen molar-refractivity contribution < 1.29 is 0 Å². The normalized spacial score (nSPS) is 11.6. The number of hydrogen-bond donors (Lipinski definition) is 0. The van der Waals surface area contributed by atoms with E-state index < -0.39 is 0 Å². The number of fused-ring (bicyclic) bond motifs is 7. The summed E-state index contributed by atoms with van der Waals surface area (Å²) in [6.45, 7) is 0. The first kappa shape index (κ1) is 31.6. The van der Waals surface area contributed by atoms with Gasteiger partial charge in [-0.1, -0.05) is 152 Å². The first-order valence-corrected chi connectivity index (χ1v) is 19.6. The van der Waals surface area contributed by atoms with E-state index in [1.807, 2.05) is 11.3 Å². The first-order chi connectivity index (χ1) is 27.3. The third kappa shape index (κ3) is 5.24. The van der Waals surface area contributed by atoms with Crippen LogP contribution in [0.2, 0.25) is 0 Å². The van der Waals surface area contributed by atoms with Crippen LogP contribution >= 0.6 is 11.3 Å². The zero-order valence-electron chi connectivity index (χ0n) is 29.9. The van der Waals surface area contributed by atoms with Gasteiger partial charge in [0.15, 0.2) is 0 Å². The molecule has 2 nitrogen and oxygen atoms in total. The Morgan fingerprint density at radius 2 is 0.909 bits per heavy atom. The van der Waals surface area contributed by atoms with Crippen LogP contribution in [0, 0.1) is 0 Å². The van der Waals surface area contributed by atoms with E-state index in [4.69, 9.17) is 0 Å². The van der Waals surface area contributed by atoms with Crippen LogP contribution in [0.25, 0.3) is 80.7 Å². The van der Waals surface area contributed by atoms with Gasteiger partial charge in [-0.15, -0.1) is 11.3 Å². The Kier molecular flexibility index (Phi) is 7.39. The molecule has 0 radical (unpaired) electrons. The summed E-state index contributed by atoms with van der Waals surface area (Å²) in [5.41, 5.74) is 11.8. The third-order valence-electron chi connectivity index (χ3n) is 11.0. The SMILES string of the molecule is c1ccc(-n2c3ccccc3c3ccccc32)c(-c2ccc(-c3ccc(N(c4ccc5c(c4)sc4ccccc45)c4cccc5ccccc45)cc3)cc2)c1. The number of anilines is 3. The lowest BCUT2D eigenvalue weighted by Crippen LogP contribution is -2.10. The lowest BCUT2D eigenvalue weighted by atomic mass is 9.98. The van der Waals surface area contributed by atoms with Crippen molar-refractivity contribution >= 4 is 81.1 Å². The molecule has 55 heavy (non-hydrogen) atoms. The Balaban J connectivity index is 0.975. The first-order valence-electron chi connectivity index (χ1n) is 18.8. The highest BCUT2D eigenvalue weighted by molar-refractivity contribution is 7.25. The molecule has 0 unspecified atom stereocenters. The Bertz CT molecular complexity index is 3150. The maximum atomic E-state index is 2.41. The van der Waals surface area contributed by atoms with Gasteiger partial charge in [0.2, 0.25) is 0 Å². The molecule has 0 aliphatic carbocycles. The highest BCUT2D eigenvalue weighted by Gasteiger charge is 2.18. The average molecular weight is 719 g/mol. The Morgan fingerprint density at radius 3 is 1.67 bits per heavy atom. The van der Waals surface area contributed by atoms with E-state index in [2.05, 4.69) is 216 Å². The summed E-state index contributed by atoms with van der Waals surface area (Å²) in [4.78, 5) is 2.41. The van der Waals surface area contributed by atoms with E-state index in [0.717, 1.165) is 17.1 Å². The fourth-order valence-electron chi connectivity index (χ4n) is 8.42. The van der Waals surface area contributed by atoms with Gasteiger partial charge in [0.25, 0.3) is 0 Å². The molecule has 2 heterocycles. The second-order valence-corrected chi connectivity index (χ2v) is 15.2. The van der Waals surface area contributed by atoms with Crippen molar-refractivity contribution in [3.8, 4) is 27.9 Å². The van der Waals surface area contributed by atoms with E-state index in [9.17, 15) is 0 Å². The number of para-hydroxylation sites is 3. The number of rotatable bonds is 6. The minimum Gasteiger partial charge on any atom is -0.310 e. The summed E-state index contributed by atoms with van der Waals surface area (Å²) in [6, 6.07) is 75.1. The molecule has 9 aromatic carbocycles. The van der Waals surface area contributed by atoms with Crippen LogP contribution in [-0.4, -0.2) is 4.57 Å². The molecule has 3 heteroatoms. The van der Waals surface area contributed by atoms with Gasteiger partial charge < -0.3 is 9.47 Å². The number of benzene rings is 9. The van der Waals surface area contributed by atoms with E-state index in [1.165, 1.54) is 80.7 Å². The molecule has 0 saturated carbocycles. The number of aromatic nitrogens is 1. The molecule has 2 aromatic heterocycles. The molecule has 258 valence electrons. The van der Waals surface area contributed by atoms with Gasteiger partial charge in [-0.05, 0) is 76.7 Å². The van der Waals surface area contributed by atoms with E-state index in [0.29, 0.717) is 0 Å². The second-order valence-electron chi connectivity index (χ2n) is 14.1. The lowest BCUT2D eigenvalue weighted by Gasteiger charge is -2.27. The molecule has 0 N–H and O–H groups in total. The maximum absolute atomic E-state index is 2.41. The van der Waals surface area contributed by atoms with Crippen LogP contribution < -0.4 is 4.90 Å². The van der Waals surface area contributed by atoms with Crippen LogP contribution in [0.15, 0.2) is 206 Å². The van der Waals surface area contributed by atoms with Crippen LogP contribution in [0.4, 0.5) is 17.1 Å². The van der Waals surface area contributed by atoms with E-state index >= 15 is 0 Å². The van der Waals surface area contributed by atoms with Crippen molar-refractivity contribution in [1.29, 1.82) is 0 Å². The molecule has 0 bridgehead atoms. The van der Waals surface area contributed by atoms with Crippen molar-refractivity contribution in [1.82, 2.24) is 4.57 Å². The van der Waals surface area contributed by atoms with Crippen molar-refractivity contribution in [2.24, 2.45) is 0 Å². The van der Waals surface area contributed by atoms with Crippen LogP contribution in [0.1, 0.15) is 0 Å². The molecule has 0 amide bonds. The monoisotopic (exact) mass is 718 g/mol. The summed E-state index contributed by atoms with van der Waals surface area (Å²) in [7, 11) is 0. The zero-order chi connectivity index (χ0) is 36.3. The summed E-state index contributed by atoms with van der Waals surface area (Å²) in [5, 5.41) is 7.61. The summed E-state index contributed by atoms with van der Waals surface area (Å²) in [6.07, 6.45) is 0. The molecular formula is C52H34N2S. The number of hydrogen-bond acceptors (Lipinski definition) is 2. The van der Waals surface area contributed by atoms with Crippen molar-refractivity contribution in [2.45, 2.75) is 0 Å². The minimum absolute atomic E-state index is 1.12. The Hall–Kier alpha value is -6.94. The van der Waals surface area contributed by atoms with Crippen molar-refractivity contribution in [3.05, 3.63) is 206 Å². The smallest absolute Gasteiger partial charge is 0.0541 e. The Morgan fingerprint density at radius 1 is 0.364 bits per heavy atom. The predicted molar refractivity (Wildman–Crippen MR) is 237 cm³/mol. The van der Waals surface area contributed by atoms with Crippen molar-refractivity contribution in [2.75, 3.05) is 4.90 Å². The van der Waals surface area contributed by atoms with Gasteiger partial charge in [-0.3, -0.25) is 0 Å². The van der Waals surface area contributed by atoms with Gasteiger partial charge in [0.05, 0.1) is 22.4 Å². The number of nitrogens with zero attached hydrogens (tertiary/aromatic N) is 2. The summed E-state index contributed by atoms with van der Waals surface area (Å²) < 4.78 is 5.02. The average Bonchev–Trinajstić information content (AvgIpc) is 3.80. The molecule has 0 fully saturated rings. The Labute approximate surface area is 323 Å². The minimum atomic E-state index is 1.12.